The van der Waals surface area contributed by atoms with E-state index in [0.29, 0.717) is 25.2 Å². The number of rotatable bonds is 6. The summed E-state index contributed by atoms with van der Waals surface area (Å²) in [6.07, 6.45) is 2.76. The van der Waals surface area contributed by atoms with Gasteiger partial charge in [-0.2, -0.15) is 0 Å². The average molecular weight is 492 g/mol. The monoisotopic (exact) mass is 491 g/mol. The average Bonchev–Trinajstić information content (AvgIpc) is 3.16. The Morgan fingerprint density at radius 1 is 1.18 bits per heavy atom. The number of amides is 1. The number of ether oxygens (including phenoxy) is 1. The van der Waals surface area contributed by atoms with E-state index in [1.807, 2.05) is 40.7 Å². The largest absolute Gasteiger partial charge is 0.443 e. The van der Waals surface area contributed by atoms with Gasteiger partial charge in [0.15, 0.2) is 0 Å². The topological polar surface area (TPSA) is 97.7 Å². The Labute approximate surface area is 202 Å². The van der Waals surface area contributed by atoms with Gasteiger partial charge in [-0.05, 0) is 64.5 Å². The predicted molar refractivity (Wildman–Crippen MR) is 134 cm³/mol. The lowest BCUT2D eigenvalue weighted by atomic mass is 9.98. The zero-order valence-corrected chi connectivity index (χ0v) is 21.9. The van der Waals surface area contributed by atoms with Gasteiger partial charge in [-0.1, -0.05) is 19.9 Å². The number of aromatic nitrogens is 1. The lowest BCUT2D eigenvalue weighted by molar-refractivity contribution is 0.0532. The Bertz CT molecular complexity index is 1150. The normalized spacial score (nSPS) is 16.2. The molecule has 0 atom stereocenters. The second-order valence-corrected chi connectivity index (χ2v) is 12.5. The molecule has 1 aliphatic heterocycles. The Morgan fingerprint density at radius 3 is 2.38 bits per heavy atom. The molecule has 188 valence electrons. The first kappa shape index (κ1) is 26.2. The van der Waals surface area contributed by atoms with Gasteiger partial charge in [0.25, 0.3) is 5.91 Å². The van der Waals surface area contributed by atoms with Crippen LogP contribution in [0.2, 0.25) is 0 Å². The van der Waals surface area contributed by atoms with Crippen LogP contribution in [0.1, 0.15) is 76.4 Å². The fourth-order valence-electron chi connectivity index (χ4n) is 4.35. The van der Waals surface area contributed by atoms with E-state index >= 15 is 0 Å². The minimum atomic E-state index is -3.15. The van der Waals surface area contributed by atoms with Crippen molar-refractivity contribution in [3.8, 4) is 0 Å². The molecule has 1 N–H and O–H groups in total. The first-order valence-electron chi connectivity index (χ1n) is 12.0. The number of nitrogens with one attached hydrogen (secondary N) is 1. The number of benzene rings is 1. The Balaban J connectivity index is 1.70. The predicted octanol–water partition coefficient (Wildman–Crippen LogP) is 4.34. The van der Waals surface area contributed by atoms with Crippen molar-refractivity contribution in [3.05, 3.63) is 35.7 Å². The molecule has 1 aromatic heterocycles. The fourth-order valence-corrected chi connectivity index (χ4v) is 5.48. The third kappa shape index (κ3) is 5.99. The minimum Gasteiger partial charge on any atom is -0.443 e. The molecule has 8 nitrogen and oxygen atoms in total. The van der Waals surface area contributed by atoms with Crippen LogP contribution in [0.3, 0.4) is 0 Å². The molecule has 1 fully saturated rings. The third-order valence-electron chi connectivity index (χ3n) is 6.14. The van der Waals surface area contributed by atoms with E-state index in [9.17, 15) is 18.0 Å². The molecule has 9 heteroatoms. The second kappa shape index (κ2) is 10.1. The maximum absolute atomic E-state index is 12.8. The highest BCUT2D eigenvalue weighted by molar-refractivity contribution is 7.89. The van der Waals surface area contributed by atoms with Crippen molar-refractivity contribution in [3.63, 3.8) is 0 Å². The van der Waals surface area contributed by atoms with Crippen molar-refractivity contribution in [2.75, 3.05) is 25.4 Å². The van der Waals surface area contributed by atoms with Crippen LogP contribution in [0.25, 0.3) is 10.8 Å². The molecule has 1 aromatic carbocycles. The molecular weight excluding hydrogens is 454 g/mol. The van der Waals surface area contributed by atoms with Gasteiger partial charge in [0.2, 0.25) is 10.0 Å². The summed E-state index contributed by atoms with van der Waals surface area (Å²) in [7, 11) is -3.15. The van der Waals surface area contributed by atoms with E-state index in [2.05, 4.69) is 5.32 Å². The maximum atomic E-state index is 12.8. The second-order valence-electron chi connectivity index (χ2n) is 10.3. The van der Waals surface area contributed by atoms with Crippen LogP contribution in [0.15, 0.2) is 24.4 Å². The van der Waals surface area contributed by atoms with Crippen molar-refractivity contribution in [1.82, 2.24) is 14.2 Å². The van der Waals surface area contributed by atoms with Crippen molar-refractivity contribution < 1.29 is 22.7 Å². The van der Waals surface area contributed by atoms with Crippen molar-refractivity contribution in [1.29, 1.82) is 0 Å². The van der Waals surface area contributed by atoms with Gasteiger partial charge in [-0.25, -0.2) is 17.5 Å². The zero-order valence-electron chi connectivity index (χ0n) is 21.1. The molecule has 1 saturated heterocycles. The molecule has 0 spiro atoms. The molecule has 0 bridgehead atoms. The first-order valence-corrected chi connectivity index (χ1v) is 13.6. The van der Waals surface area contributed by atoms with Crippen molar-refractivity contribution in [2.45, 2.75) is 65.9 Å². The summed E-state index contributed by atoms with van der Waals surface area (Å²) in [5, 5.41) is 4.72. The van der Waals surface area contributed by atoms with Gasteiger partial charge in [-0.3, -0.25) is 9.36 Å². The summed E-state index contributed by atoms with van der Waals surface area (Å²) >= 11 is 0. The summed E-state index contributed by atoms with van der Waals surface area (Å²) in [5.41, 5.74) is 0.768. The quantitative estimate of drug-likeness (QED) is 0.648. The Kier molecular flexibility index (Phi) is 7.77. The van der Waals surface area contributed by atoms with E-state index in [-0.39, 0.29) is 23.5 Å². The summed E-state index contributed by atoms with van der Waals surface area (Å²) in [4.78, 5) is 25.6. The van der Waals surface area contributed by atoms with Gasteiger partial charge in [0, 0.05) is 47.9 Å². The summed E-state index contributed by atoms with van der Waals surface area (Å²) in [6.45, 7) is 12.7. The number of hydrogen-bond donors (Lipinski definition) is 1. The number of carbonyl (C=O) groups excluding carboxylic acids is 2. The van der Waals surface area contributed by atoms with Gasteiger partial charge >= 0.3 is 6.09 Å². The molecular formula is C25H37N3O5S. The van der Waals surface area contributed by atoms with E-state index in [4.69, 9.17) is 4.74 Å². The first-order chi connectivity index (χ1) is 15.8. The van der Waals surface area contributed by atoms with Crippen LogP contribution in [-0.2, 0) is 14.8 Å². The highest BCUT2D eigenvalue weighted by Crippen LogP contribution is 2.29. The van der Waals surface area contributed by atoms with Crippen LogP contribution < -0.4 is 5.32 Å². The highest BCUT2D eigenvalue weighted by atomic mass is 32.2. The number of hydrogen-bond acceptors (Lipinski definition) is 5. The molecule has 1 amide bonds. The van der Waals surface area contributed by atoms with Crippen LogP contribution in [0.4, 0.5) is 4.79 Å². The van der Waals surface area contributed by atoms with Crippen molar-refractivity contribution in [2.24, 2.45) is 5.92 Å². The van der Waals surface area contributed by atoms with Gasteiger partial charge in [0.05, 0.1) is 5.75 Å². The summed E-state index contributed by atoms with van der Waals surface area (Å²) < 4.78 is 32.7. The van der Waals surface area contributed by atoms with Crippen LogP contribution in [0, 0.1) is 5.92 Å². The molecule has 0 unspecified atom stereocenters. The van der Waals surface area contributed by atoms with Gasteiger partial charge in [0.1, 0.15) is 5.60 Å². The number of carbonyl (C=O) groups is 2. The lowest BCUT2D eigenvalue weighted by Gasteiger charge is -2.31. The van der Waals surface area contributed by atoms with E-state index in [1.165, 1.54) is 0 Å². The van der Waals surface area contributed by atoms with E-state index in [1.54, 1.807) is 34.1 Å². The summed E-state index contributed by atoms with van der Waals surface area (Å²) in [6, 6.07) is 5.46. The molecule has 34 heavy (non-hydrogen) atoms. The van der Waals surface area contributed by atoms with Crippen LogP contribution in [-0.4, -0.2) is 60.3 Å². The number of fused-ring (bicyclic) bond motifs is 1. The molecule has 3 rings (SSSR count). The standard InChI is InChI=1S/C25H37N3O5S/c1-7-34(31,32)27-12-10-18(11-13-27)15-26-23(29)19-8-9-21-20(14-19)16-28(22(21)17(2)3)24(30)33-25(4,5)6/h8-9,14,16-18H,7,10-13,15H2,1-6H3,(H,26,29). The van der Waals surface area contributed by atoms with E-state index in [0.717, 1.165) is 29.3 Å². The number of nitrogens with zero attached hydrogens (tertiary/aromatic N) is 2. The lowest BCUT2D eigenvalue weighted by Crippen LogP contribution is -2.42. The molecule has 1 aliphatic rings. The van der Waals surface area contributed by atoms with Crippen LogP contribution >= 0.6 is 0 Å². The highest BCUT2D eigenvalue weighted by Gasteiger charge is 2.27. The molecule has 2 heterocycles. The number of sulfonamides is 1. The minimum absolute atomic E-state index is 0.0899. The Morgan fingerprint density at radius 2 is 1.82 bits per heavy atom. The van der Waals surface area contributed by atoms with Crippen LogP contribution in [0.5, 0.6) is 0 Å². The number of piperidine rings is 1. The SMILES string of the molecule is CCS(=O)(=O)N1CCC(CNC(=O)c2ccc3c(C(C)C)n(C(=O)OC(C)(C)C)cc3c2)CC1. The smallest absolute Gasteiger partial charge is 0.418 e. The Hall–Kier alpha value is -2.39. The maximum Gasteiger partial charge on any atom is 0.418 e. The van der Waals surface area contributed by atoms with E-state index < -0.39 is 21.7 Å². The molecule has 2 aromatic rings. The summed E-state index contributed by atoms with van der Waals surface area (Å²) in [5.74, 6) is 0.274. The molecule has 0 radical (unpaired) electrons. The third-order valence-corrected chi connectivity index (χ3v) is 8.02. The van der Waals surface area contributed by atoms with Gasteiger partial charge < -0.3 is 10.1 Å². The fraction of sp³-hybridized carbons (Fsp3) is 0.600. The molecule has 0 saturated carbocycles. The zero-order chi connectivity index (χ0) is 25.3. The molecule has 0 aliphatic carbocycles. The van der Waals surface area contributed by atoms with Gasteiger partial charge in [-0.15, -0.1) is 0 Å². The van der Waals surface area contributed by atoms with Crippen molar-refractivity contribution >= 4 is 32.8 Å².